The first kappa shape index (κ1) is 18.1. The van der Waals surface area contributed by atoms with Crippen molar-refractivity contribution in [1.82, 2.24) is 14.7 Å². The number of rotatable bonds is 7. The number of ketones is 1. The molecule has 0 unspecified atom stereocenters. The van der Waals surface area contributed by atoms with Gasteiger partial charge in [0.1, 0.15) is 5.65 Å². The summed E-state index contributed by atoms with van der Waals surface area (Å²) in [5.41, 5.74) is 3.52. The predicted molar refractivity (Wildman–Crippen MR) is 102 cm³/mol. The first-order valence-electron chi connectivity index (χ1n) is 8.52. The first-order chi connectivity index (χ1) is 12.5. The van der Waals surface area contributed by atoms with Crippen LogP contribution in [0.1, 0.15) is 34.6 Å². The molecule has 1 amide bonds. The number of hydrogen-bond acceptors (Lipinski definition) is 3. The van der Waals surface area contributed by atoms with Crippen LogP contribution in [0.5, 0.6) is 0 Å². The van der Waals surface area contributed by atoms with E-state index in [9.17, 15) is 9.59 Å². The lowest BCUT2D eigenvalue weighted by molar-refractivity contribution is -0.121. The van der Waals surface area contributed by atoms with Crippen LogP contribution in [0.4, 0.5) is 0 Å². The number of aryl methyl sites for hydroxylation is 1. The number of nitrogens with zero attached hydrogens (tertiary/aromatic N) is 2. The second-order valence-corrected chi connectivity index (χ2v) is 6.59. The second-order valence-electron chi connectivity index (χ2n) is 6.16. The topological polar surface area (TPSA) is 63.5 Å². The fraction of sp³-hybridized carbons (Fsp3) is 0.250. The molecule has 26 heavy (non-hydrogen) atoms. The third kappa shape index (κ3) is 4.49. The van der Waals surface area contributed by atoms with Crippen molar-refractivity contribution < 1.29 is 9.59 Å². The number of pyridine rings is 1. The van der Waals surface area contributed by atoms with Gasteiger partial charge in [-0.15, -0.1) is 0 Å². The summed E-state index contributed by atoms with van der Waals surface area (Å²) in [7, 11) is 0. The molecule has 0 saturated carbocycles. The minimum Gasteiger partial charge on any atom is -0.356 e. The molecule has 1 aromatic carbocycles. The van der Waals surface area contributed by atoms with Gasteiger partial charge in [-0.2, -0.15) is 0 Å². The molecule has 0 fully saturated rings. The third-order valence-electron chi connectivity index (χ3n) is 4.19. The van der Waals surface area contributed by atoms with Crippen molar-refractivity contribution in [2.45, 2.75) is 26.2 Å². The van der Waals surface area contributed by atoms with E-state index in [1.165, 1.54) is 0 Å². The summed E-state index contributed by atoms with van der Waals surface area (Å²) in [5, 5.41) is 3.43. The lowest BCUT2D eigenvalue weighted by Crippen LogP contribution is -2.26. The third-order valence-corrected chi connectivity index (χ3v) is 4.45. The minimum atomic E-state index is -0.132. The molecule has 0 spiro atoms. The van der Waals surface area contributed by atoms with Crippen molar-refractivity contribution in [2.75, 3.05) is 6.54 Å². The Bertz CT molecular complexity index is 932. The summed E-state index contributed by atoms with van der Waals surface area (Å²) < 4.78 is 2.03. The number of imidazole rings is 1. The summed E-state index contributed by atoms with van der Waals surface area (Å²) in [5.74, 6) is -0.195. The number of hydrogen-bond donors (Lipinski definition) is 1. The Morgan fingerprint density at radius 2 is 1.88 bits per heavy atom. The van der Waals surface area contributed by atoms with Gasteiger partial charge in [0.15, 0.2) is 5.78 Å². The molecule has 0 bridgehead atoms. The molecule has 0 atom stereocenters. The van der Waals surface area contributed by atoms with Gasteiger partial charge >= 0.3 is 0 Å². The van der Waals surface area contributed by atoms with Gasteiger partial charge in [-0.25, -0.2) is 4.98 Å². The smallest absolute Gasteiger partial charge is 0.220 e. The molecule has 0 aliphatic rings. The molecule has 3 aromatic rings. The van der Waals surface area contributed by atoms with Gasteiger partial charge in [0.25, 0.3) is 0 Å². The van der Waals surface area contributed by atoms with Crippen LogP contribution in [0.3, 0.4) is 0 Å². The fourth-order valence-electron chi connectivity index (χ4n) is 2.74. The molecular weight excluding hydrogens is 350 g/mol. The van der Waals surface area contributed by atoms with Crippen LogP contribution < -0.4 is 5.32 Å². The van der Waals surface area contributed by atoms with Crippen LogP contribution in [-0.4, -0.2) is 27.6 Å². The van der Waals surface area contributed by atoms with E-state index in [2.05, 4.69) is 10.3 Å². The Morgan fingerprint density at radius 1 is 1.12 bits per heavy atom. The van der Waals surface area contributed by atoms with Gasteiger partial charge in [-0.05, 0) is 43.3 Å². The van der Waals surface area contributed by atoms with E-state index >= 15 is 0 Å². The molecule has 0 aliphatic carbocycles. The zero-order valence-electron chi connectivity index (χ0n) is 14.5. The molecule has 2 heterocycles. The Balaban J connectivity index is 1.44. The summed E-state index contributed by atoms with van der Waals surface area (Å²) in [6.45, 7) is 2.52. The molecule has 6 heteroatoms. The van der Waals surface area contributed by atoms with E-state index in [-0.39, 0.29) is 24.5 Å². The molecule has 2 aromatic heterocycles. The van der Waals surface area contributed by atoms with E-state index in [0.29, 0.717) is 23.6 Å². The molecule has 3 rings (SSSR count). The van der Waals surface area contributed by atoms with Crippen molar-refractivity contribution in [1.29, 1.82) is 0 Å². The van der Waals surface area contributed by atoms with Crippen LogP contribution in [0.2, 0.25) is 5.02 Å². The molecular formula is C20H20ClN3O2. The van der Waals surface area contributed by atoms with Gasteiger partial charge < -0.3 is 9.72 Å². The Morgan fingerprint density at radius 3 is 2.62 bits per heavy atom. The molecule has 0 aliphatic heterocycles. The van der Waals surface area contributed by atoms with Crippen LogP contribution in [0, 0.1) is 6.92 Å². The number of aromatic nitrogens is 2. The molecule has 5 nitrogen and oxygen atoms in total. The fourth-order valence-corrected chi connectivity index (χ4v) is 2.87. The van der Waals surface area contributed by atoms with E-state index in [1.54, 1.807) is 24.3 Å². The standard InChI is InChI=1S/C20H20ClN3O2/c1-14-3-2-4-19-23-17(13-24(14)19)11-12-22-20(26)10-9-18(25)15-5-7-16(21)8-6-15/h2-8,13H,9-12H2,1H3,(H,22,26). The lowest BCUT2D eigenvalue weighted by Gasteiger charge is -2.04. The van der Waals surface area contributed by atoms with Crippen molar-refractivity contribution in [3.63, 3.8) is 0 Å². The Kier molecular flexibility index (Phi) is 5.68. The summed E-state index contributed by atoms with van der Waals surface area (Å²) in [6, 6.07) is 12.6. The maximum absolute atomic E-state index is 12.1. The van der Waals surface area contributed by atoms with E-state index in [4.69, 9.17) is 11.6 Å². The summed E-state index contributed by atoms with van der Waals surface area (Å²) in [4.78, 5) is 28.5. The number of benzene rings is 1. The maximum Gasteiger partial charge on any atom is 0.220 e. The normalized spacial score (nSPS) is 10.8. The van der Waals surface area contributed by atoms with Crippen molar-refractivity contribution >= 4 is 28.9 Å². The second kappa shape index (κ2) is 8.15. The number of carbonyl (C=O) groups excluding carboxylic acids is 2. The maximum atomic E-state index is 12.1. The van der Waals surface area contributed by atoms with Gasteiger partial charge in [0, 0.05) is 48.3 Å². The monoisotopic (exact) mass is 369 g/mol. The SMILES string of the molecule is Cc1cccc2nc(CCNC(=O)CCC(=O)c3ccc(Cl)cc3)cn12. The number of carbonyl (C=O) groups is 2. The van der Waals surface area contributed by atoms with Crippen molar-refractivity contribution in [3.8, 4) is 0 Å². The largest absolute Gasteiger partial charge is 0.356 e. The number of halogens is 1. The molecule has 0 radical (unpaired) electrons. The Labute approximate surface area is 157 Å². The number of amides is 1. The highest BCUT2D eigenvalue weighted by Gasteiger charge is 2.10. The first-order valence-corrected chi connectivity index (χ1v) is 8.90. The number of nitrogens with one attached hydrogen (secondary N) is 1. The van der Waals surface area contributed by atoms with Gasteiger partial charge in [-0.1, -0.05) is 17.7 Å². The number of Topliss-reactive ketones (excluding diaryl/α,β-unsaturated/α-hetero) is 1. The van der Waals surface area contributed by atoms with Crippen LogP contribution in [-0.2, 0) is 11.2 Å². The van der Waals surface area contributed by atoms with Gasteiger partial charge in [0.05, 0.1) is 5.69 Å². The Hall–Kier alpha value is -2.66. The minimum absolute atomic E-state index is 0.0624. The van der Waals surface area contributed by atoms with E-state index in [0.717, 1.165) is 17.0 Å². The van der Waals surface area contributed by atoms with Crippen molar-refractivity contribution in [3.05, 3.63) is 70.6 Å². The highest BCUT2D eigenvalue weighted by molar-refractivity contribution is 6.30. The van der Waals surface area contributed by atoms with Crippen LogP contribution in [0.25, 0.3) is 5.65 Å². The summed E-state index contributed by atoms with van der Waals surface area (Å²) in [6.07, 6.45) is 2.99. The van der Waals surface area contributed by atoms with Crippen molar-refractivity contribution in [2.24, 2.45) is 0 Å². The molecule has 134 valence electrons. The zero-order valence-corrected chi connectivity index (χ0v) is 15.3. The quantitative estimate of drug-likeness (QED) is 0.647. The summed E-state index contributed by atoms with van der Waals surface area (Å²) >= 11 is 5.80. The average Bonchev–Trinajstić information content (AvgIpc) is 3.05. The van der Waals surface area contributed by atoms with Gasteiger partial charge in [-0.3, -0.25) is 9.59 Å². The lowest BCUT2D eigenvalue weighted by atomic mass is 10.1. The zero-order chi connectivity index (χ0) is 18.5. The average molecular weight is 370 g/mol. The molecule has 1 N–H and O–H groups in total. The van der Waals surface area contributed by atoms with Crippen LogP contribution in [0.15, 0.2) is 48.7 Å². The van der Waals surface area contributed by atoms with Gasteiger partial charge in [0.2, 0.25) is 5.91 Å². The van der Waals surface area contributed by atoms with Crippen LogP contribution >= 0.6 is 11.6 Å². The number of fused-ring (bicyclic) bond motifs is 1. The predicted octanol–water partition coefficient (Wildman–Crippen LogP) is 3.62. The highest BCUT2D eigenvalue weighted by Crippen LogP contribution is 2.12. The highest BCUT2D eigenvalue weighted by atomic mass is 35.5. The molecule has 0 saturated heterocycles. The van der Waals surface area contributed by atoms with E-state index < -0.39 is 0 Å². The van der Waals surface area contributed by atoms with E-state index in [1.807, 2.05) is 35.7 Å².